The Morgan fingerprint density at radius 1 is 0.768 bits per heavy atom. The van der Waals surface area contributed by atoms with Crippen LogP contribution in [0.5, 0.6) is 0 Å². The van der Waals surface area contributed by atoms with Gasteiger partial charge in [-0.3, -0.25) is 14.4 Å². The third kappa shape index (κ3) is 7.33. The zero-order chi connectivity index (χ0) is 40.7. The van der Waals surface area contributed by atoms with Gasteiger partial charge in [0, 0.05) is 52.9 Å². The van der Waals surface area contributed by atoms with Crippen LogP contribution in [0.1, 0.15) is 66.0 Å². The SMILES string of the molecule is Cc1nc(-c2ccccc2)cc2c1nc(-c1[c-]ccc3c1oc1ccccc13)n2-c1c(C(C)C)cccc1C(C)C.[2H]C([2H])([2H])c1ccc(-c2[c-]cc(F)cc2)nc1.[Ir]. The van der Waals surface area contributed by atoms with Crippen molar-refractivity contribution in [2.24, 2.45) is 0 Å². The van der Waals surface area contributed by atoms with Crippen LogP contribution in [0, 0.1) is 31.7 Å². The summed E-state index contributed by atoms with van der Waals surface area (Å²) in [7, 11) is 0. The Bertz CT molecular complexity index is 2880. The molecule has 281 valence electrons. The Morgan fingerprint density at radius 2 is 1.52 bits per heavy atom. The summed E-state index contributed by atoms with van der Waals surface area (Å²) < 4.78 is 43.2. The Balaban J connectivity index is 0.000000247. The molecular weight excluding hydrogens is 872 g/mol. The van der Waals surface area contributed by atoms with Gasteiger partial charge in [0.25, 0.3) is 0 Å². The van der Waals surface area contributed by atoms with E-state index >= 15 is 0 Å². The van der Waals surface area contributed by atoms with Gasteiger partial charge < -0.3 is 14.0 Å². The molecule has 0 saturated carbocycles. The van der Waals surface area contributed by atoms with Gasteiger partial charge in [-0.05, 0) is 60.1 Å². The molecule has 0 N–H and O–H groups in total. The molecule has 0 bridgehead atoms. The normalized spacial score (nSPS) is 12.3. The number of imidazole rings is 1. The molecule has 0 aliphatic rings. The number of rotatable bonds is 6. The molecule has 0 amide bonds. The summed E-state index contributed by atoms with van der Waals surface area (Å²) in [6, 6.07) is 44.9. The molecule has 7 heteroatoms. The first kappa shape index (κ1) is 34.7. The van der Waals surface area contributed by atoms with Gasteiger partial charge in [0.2, 0.25) is 0 Å². The minimum absolute atomic E-state index is 0. The van der Waals surface area contributed by atoms with E-state index in [0.717, 1.165) is 61.3 Å². The minimum atomic E-state index is -2.15. The van der Waals surface area contributed by atoms with Crippen molar-refractivity contribution >= 4 is 33.0 Å². The standard InChI is InChI=1S/C37H32N3O.C12H9FN.Ir/c1-22(2)26-16-11-17-27(23(3)4)35(26)40-32-21-31(25-13-7-6-8-14-25)38-24(5)34(32)39-37(40)30-19-12-18-29-28-15-9-10-20-33(28)41-36(29)30;1-9-2-7-12(14-8-9)10-3-5-11(13)6-4-10;/h6-18,20-23H,1-5H3;2-3,5-8H,1H3;/q2*-1;/i;1D3;. The zero-order valence-electron chi connectivity index (χ0n) is 34.7. The Morgan fingerprint density at radius 3 is 2.20 bits per heavy atom. The number of para-hydroxylation sites is 2. The van der Waals surface area contributed by atoms with Crippen molar-refractivity contribution in [2.45, 2.75) is 53.3 Å². The fourth-order valence-corrected chi connectivity index (χ4v) is 7.12. The number of furan rings is 1. The molecule has 0 aliphatic carbocycles. The zero-order valence-corrected chi connectivity index (χ0v) is 34.1. The minimum Gasteiger partial charge on any atom is -0.501 e. The van der Waals surface area contributed by atoms with Gasteiger partial charge in [-0.25, -0.2) is 0 Å². The van der Waals surface area contributed by atoms with E-state index in [1.165, 1.54) is 41.2 Å². The van der Waals surface area contributed by atoms with Crippen LogP contribution in [0.15, 0.2) is 132 Å². The number of benzene rings is 5. The summed E-state index contributed by atoms with van der Waals surface area (Å²) in [5, 5.41) is 2.16. The number of aryl methyl sites for hydroxylation is 2. The first-order chi connectivity index (χ1) is 27.9. The van der Waals surface area contributed by atoms with Gasteiger partial charge in [-0.15, -0.1) is 48.0 Å². The van der Waals surface area contributed by atoms with Crippen LogP contribution >= 0.6 is 0 Å². The smallest absolute Gasteiger partial charge is 0.120 e. The summed E-state index contributed by atoms with van der Waals surface area (Å²) in [5.74, 6) is 1.08. The molecule has 0 aliphatic heterocycles. The van der Waals surface area contributed by atoms with Crippen molar-refractivity contribution in [3.63, 3.8) is 0 Å². The van der Waals surface area contributed by atoms with Gasteiger partial charge in [0.1, 0.15) is 5.58 Å². The van der Waals surface area contributed by atoms with Crippen molar-refractivity contribution in [1.82, 2.24) is 19.5 Å². The van der Waals surface area contributed by atoms with Crippen LogP contribution in [-0.4, -0.2) is 19.5 Å². The Kier molecular flexibility index (Phi) is 10.0. The molecule has 0 unspecified atom stereocenters. The number of hydrogen-bond donors (Lipinski definition) is 0. The quantitative estimate of drug-likeness (QED) is 0.156. The Hall–Kier alpha value is -5.75. The molecule has 1 radical (unpaired) electrons. The van der Waals surface area contributed by atoms with Crippen molar-refractivity contribution < 1.29 is 33.0 Å². The van der Waals surface area contributed by atoms with Crippen LogP contribution < -0.4 is 0 Å². The van der Waals surface area contributed by atoms with Gasteiger partial charge in [0.15, 0.2) is 0 Å². The van der Waals surface area contributed by atoms with Crippen LogP contribution in [-0.2, 0) is 20.1 Å². The second kappa shape index (κ2) is 16.2. The van der Waals surface area contributed by atoms with E-state index in [4.69, 9.17) is 18.5 Å². The largest absolute Gasteiger partial charge is 0.501 e. The third-order valence-electron chi connectivity index (χ3n) is 9.83. The van der Waals surface area contributed by atoms with Crippen LogP contribution in [0.25, 0.3) is 72.6 Å². The van der Waals surface area contributed by atoms with Crippen molar-refractivity contribution in [2.75, 3.05) is 0 Å². The summed E-state index contributed by atoms with van der Waals surface area (Å²) in [5.41, 5.74) is 12.5. The maximum Gasteiger partial charge on any atom is 0.120 e. The van der Waals surface area contributed by atoms with E-state index < -0.39 is 6.85 Å². The fourth-order valence-electron chi connectivity index (χ4n) is 7.12. The van der Waals surface area contributed by atoms with Gasteiger partial charge >= 0.3 is 0 Å². The van der Waals surface area contributed by atoms with E-state index in [2.05, 4.69) is 123 Å². The predicted octanol–water partition coefficient (Wildman–Crippen LogP) is 13.0. The molecule has 9 rings (SSSR count). The van der Waals surface area contributed by atoms with Crippen LogP contribution in [0.2, 0.25) is 0 Å². The monoisotopic (exact) mass is 916 g/mol. The van der Waals surface area contributed by atoms with Gasteiger partial charge in [-0.2, -0.15) is 0 Å². The van der Waals surface area contributed by atoms with E-state index in [1.807, 2.05) is 24.3 Å². The van der Waals surface area contributed by atoms with E-state index in [1.54, 1.807) is 12.1 Å². The summed E-state index contributed by atoms with van der Waals surface area (Å²) >= 11 is 0. The van der Waals surface area contributed by atoms with Crippen molar-refractivity contribution in [3.05, 3.63) is 168 Å². The average Bonchev–Trinajstić information content (AvgIpc) is 3.80. The third-order valence-corrected chi connectivity index (χ3v) is 9.83. The van der Waals surface area contributed by atoms with E-state index in [9.17, 15) is 4.39 Å². The van der Waals surface area contributed by atoms with E-state index in [-0.39, 0.29) is 31.5 Å². The second-order valence-corrected chi connectivity index (χ2v) is 14.2. The molecule has 0 saturated heterocycles. The molecular formula is C49H41FIrN4O-2. The van der Waals surface area contributed by atoms with Crippen molar-refractivity contribution in [1.29, 1.82) is 0 Å². The van der Waals surface area contributed by atoms with Gasteiger partial charge in [-0.1, -0.05) is 118 Å². The number of halogens is 1. The molecule has 5 nitrogen and oxygen atoms in total. The van der Waals surface area contributed by atoms with Crippen LogP contribution in [0.3, 0.4) is 0 Å². The number of aromatic nitrogens is 4. The topological polar surface area (TPSA) is 56.7 Å². The molecule has 0 atom stereocenters. The first-order valence-corrected chi connectivity index (χ1v) is 18.4. The molecule has 0 fully saturated rings. The fraction of sp³-hybridized carbons (Fsp3) is 0.163. The number of hydrogen-bond acceptors (Lipinski definition) is 4. The second-order valence-electron chi connectivity index (χ2n) is 14.2. The number of fused-ring (bicyclic) bond motifs is 4. The first-order valence-electron chi connectivity index (χ1n) is 19.9. The Labute approximate surface area is 344 Å². The molecule has 0 spiro atoms. The summed E-state index contributed by atoms with van der Waals surface area (Å²) in [6.07, 6.45) is 1.31. The molecule has 4 aromatic heterocycles. The summed E-state index contributed by atoms with van der Waals surface area (Å²) in [4.78, 5) is 14.4. The maximum atomic E-state index is 12.7. The maximum absolute atomic E-state index is 12.7. The number of pyridine rings is 2. The average molecular weight is 916 g/mol. The van der Waals surface area contributed by atoms with Crippen molar-refractivity contribution in [3.8, 4) is 39.6 Å². The molecule has 9 aromatic rings. The van der Waals surface area contributed by atoms with Gasteiger partial charge in [0.05, 0.1) is 33.8 Å². The number of nitrogens with zero attached hydrogens (tertiary/aromatic N) is 4. The van der Waals surface area contributed by atoms with E-state index in [0.29, 0.717) is 23.1 Å². The molecule has 4 heterocycles. The summed E-state index contributed by atoms with van der Waals surface area (Å²) in [6.45, 7) is 8.94. The molecule has 56 heavy (non-hydrogen) atoms. The predicted molar refractivity (Wildman–Crippen MR) is 222 cm³/mol. The van der Waals surface area contributed by atoms with Crippen LogP contribution in [0.4, 0.5) is 4.39 Å². The molecule has 5 aromatic carbocycles.